The van der Waals surface area contributed by atoms with Crippen LogP contribution in [0, 0.1) is 0 Å². The number of hydrogen-bond donors (Lipinski definition) is 2. The van der Waals surface area contributed by atoms with Gasteiger partial charge in [-0.15, -0.1) is 0 Å². The second kappa shape index (κ2) is 4.91. The van der Waals surface area contributed by atoms with Gasteiger partial charge in [0.15, 0.2) is 0 Å². The third-order valence-electron chi connectivity index (χ3n) is 3.71. The van der Waals surface area contributed by atoms with Gasteiger partial charge in [-0.25, -0.2) is 4.98 Å². The van der Waals surface area contributed by atoms with E-state index in [1.165, 1.54) is 0 Å². The second-order valence-electron chi connectivity index (χ2n) is 5.06. The van der Waals surface area contributed by atoms with Crippen molar-refractivity contribution in [3.8, 4) is 0 Å². The predicted molar refractivity (Wildman–Crippen MR) is 75.0 cm³/mol. The van der Waals surface area contributed by atoms with E-state index in [1.807, 2.05) is 23.4 Å². The van der Waals surface area contributed by atoms with E-state index in [0.717, 1.165) is 42.7 Å². The van der Waals surface area contributed by atoms with Crippen LogP contribution < -0.4 is 5.32 Å². The van der Waals surface area contributed by atoms with Crippen molar-refractivity contribution in [3.05, 3.63) is 24.5 Å². The summed E-state index contributed by atoms with van der Waals surface area (Å²) in [6, 6.07) is 4.55. The number of hydrogen-bond acceptors (Lipinski definition) is 3. The third-order valence-corrected chi connectivity index (χ3v) is 3.71. The number of carbonyl (C=O) groups excluding carboxylic acids is 1. The lowest BCUT2D eigenvalue weighted by Crippen LogP contribution is -2.41. The molecule has 19 heavy (non-hydrogen) atoms. The second-order valence-corrected chi connectivity index (χ2v) is 5.06. The Labute approximate surface area is 112 Å². The molecule has 5 heteroatoms. The molecule has 0 bridgehead atoms. The number of anilines is 1. The number of likely N-dealkylation sites (tertiary alicyclic amines) is 1. The van der Waals surface area contributed by atoms with E-state index in [1.54, 1.807) is 6.92 Å². The zero-order valence-electron chi connectivity index (χ0n) is 11.0. The van der Waals surface area contributed by atoms with E-state index in [-0.39, 0.29) is 5.91 Å². The van der Waals surface area contributed by atoms with Crippen molar-refractivity contribution in [1.82, 2.24) is 14.9 Å². The summed E-state index contributed by atoms with van der Waals surface area (Å²) in [5.74, 6) is 0.175. The van der Waals surface area contributed by atoms with Crippen LogP contribution in [0.25, 0.3) is 11.0 Å². The number of aromatic amines is 1. The molecule has 1 saturated heterocycles. The van der Waals surface area contributed by atoms with Crippen molar-refractivity contribution in [1.29, 1.82) is 0 Å². The molecule has 2 aromatic rings. The van der Waals surface area contributed by atoms with Gasteiger partial charge in [-0.2, -0.15) is 0 Å². The summed E-state index contributed by atoms with van der Waals surface area (Å²) in [6.07, 6.45) is 5.73. The molecule has 1 aliphatic heterocycles. The Morgan fingerprint density at radius 1 is 1.47 bits per heavy atom. The minimum absolute atomic E-state index is 0.175. The maximum Gasteiger partial charge on any atom is 0.219 e. The molecule has 5 nitrogen and oxygen atoms in total. The van der Waals surface area contributed by atoms with Gasteiger partial charge in [0.2, 0.25) is 5.91 Å². The average Bonchev–Trinajstić information content (AvgIpc) is 2.87. The fourth-order valence-corrected chi connectivity index (χ4v) is 2.59. The predicted octanol–water partition coefficient (Wildman–Crippen LogP) is 1.99. The van der Waals surface area contributed by atoms with Crippen LogP contribution in [0.5, 0.6) is 0 Å². The lowest BCUT2D eigenvalue weighted by Gasteiger charge is -2.32. The van der Waals surface area contributed by atoms with Gasteiger partial charge in [-0.3, -0.25) is 4.79 Å². The normalized spacial score (nSPS) is 16.8. The number of pyridine rings is 1. The number of fused-ring (bicyclic) bond motifs is 1. The Morgan fingerprint density at radius 3 is 3.00 bits per heavy atom. The van der Waals surface area contributed by atoms with E-state index < -0.39 is 0 Å². The molecule has 0 aromatic carbocycles. The SMILES string of the molecule is CC(=O)N1CCC(Nc2cnc3[nH]ccc3c2)CC1. The Hall–Kier alpha value is -2.04. The zero-order chi connectivity index (χ0) is 13.2. The van der Waals surface area contributed by atoms with E-state index in [4.69, 9.17) is 0 Å². The maximum atomic E-state index is 11.3. The number of nitrogens with zero attached hydrogens (tertiary/aromatic N) is 2. The quantitative estimate of drug-likeness (QED) is 0.866. The van der Waals surface area contributed by atoms with Gasteiger partial charge in [0.1, 0.15) is 5.65 Å². The van der Waals surface area contributed by atoms with Crippen molar-refractivity contribution in [2.45, 2.75) is 25.8 Å². The Morgan fingerprint density at radius 2 is 2.26 bits per heavy atom. The van der Waals surface area contributed by atoms with E-state index in [0.29, 0.717) is 6.04 Å². The van der Waals surface area contributed by atoms with Crippen LogP contribution in [0.15, 0.2) is 24.5 Å². The first-order valence-electron chi connectivity index (χ1n) is 6.67. The zero-order valence-corrected chi connectivity index (χ0v) is 11.0. The largest absolute Gasteiger partial charge is 0.381 e. The number of carbonyl (C=O) groups is 1. The summed E-state index contributed by atoms with van der Waals surface area (Å²) in [6.45, 7) is 3.32. The molecule has 0 aliphatic carbocycles. The monoisotopic (exact) mass is 258 g/mol. The Kier molecular flexibility index (Phi) is 3.11. The first-order valence-corrected chi connectivity index (χ1v) is 6.67. The van der Waals surface area contributed by atoms with Crippen molar-refractivity contribution in [2.75, 3.05) is 18.4 Å². The lowest BCUT2D eigenvalue weighted by atomic mass is 10.0. The van der Waals surface area contributed by atoms with Crippen molar-refractivity contribution in [3.63, 3.8) is 0 Å². The highest BCUT2D eigenvalue weighted by Crippen LogP contribution is 2.19. The molecule has 3 heterocycles. The summed E-state index contributed by atoms with van der Waals surface area (Å²) < 4.78 is 0. The minimum Gasteiger partial charge on any atom is -0.381 e. The number of piperidine rings is 1. The highest BCUT2D eigenvalue weighted by molar-refractivity contribution is 5.78. The maximum absolute atomic E-state index is 11.3. The summed E-state index contributed by atoms with van der Waals surface area (Å²) >= 11 is 0. The van der Waals surface area contributed by atoms with Gasteiger partial charge in [-0.05, 0) is 25.0 Å². The first kappa shape index (κ1) is 12.0. The van der Waals surface area contributed by atoms with Crippen LogP contribution in [0.1, 0.15) is 19.8 Å². The van der Waals surface area contributed by atoms with E-state index in [9.17, 15) is 4.79 Å². The van der Waals surface area contributed by atoms with Crippen LogP contribution in [0.4, 0.5) is 5.69 Å². The van der Waals surface area contributed by atoms with Gasteiger partial charge in [-0.1, -0.05) is 0 Å². The molecular formula is C14H18N4O. The molecule has 0 saturated carbocycles. The van der Waals surface area contributed by atoms with Gasteiger partial charge in [0, 0.05) is 37.6 Å². The van der Waals surface area contributed by atoms with Crippen LogP contribution in [0.3, 0.4) is 0 Å². The molecule has 2 N–H and O–H groups in total. The van der Waals surface area contributed by atoms with Gasteiger partial charge >= 0.3 is 0 Å². The van der Waals surface area contributed by atoms with Gasteiger partial charge < -0.3 is 15.2 Å². The lowest BCUT2D eigenvalue weighted by molar-refractivity contribution is -0.129. The molecule has 0 atom stereocenters. The first-order chi connectivity index (χ1) is 9.22. The van der Waals surface area contributed by atoms with E-state index >= 15 is 0 Å². The van der Waals surface area contributed by atoms with Crippen LogP contribution in [-0.2, 0) is 4.79 Å². The smallest absolute Gasteiger partial charge is 0.219 e. The standard InChI is InChI=1S/C14H18N4O/c1-10(19)18-6-3-12(4-7-18)17-13-8-11-2-5-15-14(11)16-9-13/h2,5,8-9,12,17H,3-4,6-7H2,1H3,(H,15,16). The number of nitrogens with one attached hydrogen (secondary N) is 2. The molecule has 1 aliphatic rings. The van der Waals surface area contributed by atoms with Crippen molar-refractivity contribution in [2.24, 2.45) is 0 Å². The molecule has 1 amide bonds. The molecule has 0 unspecified atom stereocenters. The number of rotatable bonds is 2. The topological polar surface area (TPSA) is 61.0 Å². The molecule has 2 aromatic heterocycles. The fraction of sp³-hybridized carbons (Fsp3) is 0.429. The molecule has 0 radical (unpaired) electrons. The number of aromatic nitrogens is 2. The highest BCUT2D eigenvalue weighted by atomic mass is 16.2. The van der Waals surface area contributed by atoms with Gasteiger partial charge in [0.25, 0.3) is 0 Å². The average molecular weight is 258 g/mol. The minimum atomic E-state index is 0.175. The van der Waals surface area contributed by atoms with Crippen LogP contribution in [-0.4, -0.2) is 39.9 Å². The van der Waals surface area contributed by atoms with Crippen LogP contribution >= 0.6 is 0 Å². The van der Waals surface area contributed by atoms with Crippen molar-refractivity contribution >= 4 is 22.6 Å². The summed E-state index contributed by atoms with van der Waals surface area (Å²) in [5, 5.41) is 4.62. The van der Waals surface area contributed by atoms with Crippen LogP contribution in [0.2, 0.25) is 0 Å². The summed E-state index contributed by atoms with van der Waals surface area (Å²) in [5.41, 5.74) is 1.96. The summed E-state index contributed by atoms with van der Waals surface area (Å²) in [4.78, 5) is 20.6. The number of amides is 1. The Balaban J connectivity index is 1.64. The van der Waals surface area contributed by atoms with Crippen molar-refractivity contribution < 1.29 is 4.79 Å². The fourth-order valence-electron chi connectivity index (χ4n) is 2.59. The molecule has 100 valence electrons. The van der Waals surface area contributed by atoms with E-state index in [2.05, 4.69) is 21.4 Å². The molecule has 3 rings (SSSR count). The third kappa shape index (κ3) is 2.54. The Bertz CT molecular complexity index is 584. The molecule has 0 spiro atoms. The summed E-state index contributed by atoms with van der Waals surface area (Å²) in [7, 11) is 0. The number of H-pyrrole nitrogens is 1. The molecule has 1 fully saturated rings. The molecular weight excluding hydrogens is 240 g/mol. The van der Waals surface area contributed by atoms with Gasteiger partial charge in [0.05, 0.1) is 11.9 Å². The highest BCUT2D eigenvalue weighted by Gasteiger charge is 2.20.